The Bertz CT molecular complexity index is 512. The van der Waals surface area contributed by atoms with E-state index in [1.165, 1.54) is 0 Å². The zero-order chi connectivity index (χ0) is 16.0. The molecule has 5 heteroatoms. The quantitative estimate of drug-likeness (QED) is 0.586. The third-order valence-corrected chi connectivity index (χ3v) is 4.07. The summed E-state index contributed by atoms with van der Waals surface area (Å²) in [5.74, 6) is -0.227. The lowest BCUT2D eigenvalue weighted by Crippen LogP contribution is -2.45. The maximum Gasteiger partial charge on any atom is 0.238 e. The van der Waals surface area contributed by atoms with E-state index in [1.807, 2.05) is 37.3 Å². The molecular weight excluding hydrogens is 280 g/mol. The highest BCUT2D eigenvalue weighted by molar-refractivity contribution is 6.07. The van der Waals surface area contributed by atoms with Crippen LogP contribution in [-0.4, -0.2) is 43.5 Å². The summed E-state index contributed by atoms with van der Waals surface area (Å²) in [7, 11) is 1.59. The van der Waals surface area contributed by atoms with Crippen molar-refractivity contribution in [1.82, 2.24) is 10.2 Å². The van der Waals surface area contributed by atoms with E-state index in [0.29, 0.717) is 39.1 Å². The molecule has 1 N–H and O–H groups in total. The van der Waals surface area contributed by atoms with Gasteiger partial charge in [-0.2, -0.15) is 0 Å². The molecule has 2 rings (SSSR count). The van der Waals surface area contributed by atoms with Crippen LogP contribution in [0.2, 0.25) is 0 Å². The van der Waals surface area contributed by atoms with E-state index in [-0.39, 0.29) is 11.8 Å². The first-order chi connectivity index (χ1) is 10.6. The fraction of sp³-hybridized carbons (Fsp3) is 0.529. The molecule has 1 aromatic rings. The number of nitrogens with one attached hydrogen (secondary N) is 1. The summed E-state index contributed by atoms with van der Waals surface area (Å²) in [4.78, 5) is 26.8. The van der Waals surface area contributed by atoms with Crippen LogP contribution in [0.3, 0.4) is 0 Å². The lowest BCUT2D eigenvalue weighted by atomic mass is 10.0. The average molecular weight is 304 g/mol. The Hall–Kier alpha value is -1.88. The van der Waals surface area contributed by atoms with Crippen molar-refractivity contribution in [2.75, 3.05) is 26.8 Å². The van der Waals surface area contributed by atoms with Crippen molar-refractivity contribution in [3.63, 3.8) is 0 Å². The van der Waals surface area contributed by atoms with Gasteiger partial charge < -0.3 is 15.0 Å². The Morgan fingerprint density at radius 2 is 1.95 bits per heavy atom. The summed E-state index contributed by atoms with van der Waals surface area (Å²) in [6.45, 7) is 3.98. The normalized spacial score (nSPS) is 15.2. The number of rotatable bonds is 8. The second-order valence-electron chi connectivity index (χ2n) is 5.64. The van der Waals surface area contributed by atoms with Crippen molar-refractivity contribution < 1.29 is 14.3 Å². The lowest BCUT2D eigenvalue weighted by molar-refractivity contribution is -0.144. The summed E-state index contributed by atoms with van der Waals surface area (Å²) in [5.41, 5.74) is 0.228. The molecule has 120 valence electrons. The van der Waals surface area contributed by atoms with Crippen molar-refractivity contribution in [2.24, 2.45) is 5.41 Å². The lowest BCUT2D eigenvalue weighted by Gasteiger charge is -2.26. The van der Waals surface area contributed by atoms with Crippen LogP contribution in [0.4, 0.5) is 0 Å². The van der Waals surface area contributed by atoms with Crippen LogP contribution in [0.5, 0.6) is 0 Å². The highest BCUT2D eigenvalue weighted by Gasteiger charge is 2.57. The van der Waals surface area contributed by atoms with E-state index in [2.05, 4.69) is 5.32 Å². The summed E-state index contributed by atoms with van der Waals surface area (Å²) < 4.78 is 4.92. The Kier molecular flexibility index (Phi) is 5.55. The molecule has 0 heterocycles. The van der Waals surface area contributed by atoms with Crippen LogP contribution in [0.15, 0.2) is 30.3 Å². The molecule has 1 aliphatic carbocycles. The van der Waals surface area contributed by atoms with Gasteiger partial charge in [-0.25, -0.2) is 0 Å². The van der Waals surface area contributed by atoms with E-state index >= 15 is 0 Å². The number of carbonyl (C=O) groups is 2. The molecule has 0 aliphatic heterocycles. The van der Waals surface area contributed by atoms with Crippen molar-refractivity contribution in [3.05, 3.63) is 35.9 Å². The van der Waals surface area contributed by atoms with Crippen LogP contribution >= 0.6 is 0 Å². The van der Waals surface area contributed by atoms with Gasteiger partial charge in [-0.05, 0) is 25.3 Å². The second-order valence-corrected chi connectivity index (χ2v) is 5.64. The smallest absolute Gasteiger partial charge is 0.238 e. The summed E-state index contributed by atoms with van der Waals surface area (Å²) in [5, 5.41) is 2.80. The second kappa shape index (κ2) is 7.40. The van der Waals surface area contributed by atoms with Gasteiger partial charge in [0, 0.05) is 26.7 Å². The predicted octanol–water partition coefficient (Wildman–Crippen LogP) is 1.58. The summed E-state index contributed by atoms with van der Waals surface area (Å²) in [6, 6.07) is 9.85. The van der Waals surface area contributed by atoms with Crippen molar-refractivity contribution in [3.8, 4) is 0 Å². The first-order valence-electron chi connectivity index (χ1n) is 7.74. The van der Waals surface area contributed by atoms with E-state index in [1.54, 1.807) is 12.0 Å². The van der Waals surface area contributed by atoms with Crippen molar-refractivity contribution in [2.45, 2.75) is 26.3 Å². The number of ether oxygens (including phenoxy) is 1. The van der Waals surface area contributed by atoms with Gasteiger partial charge in [-0.15, -0.1) is 0 Å². The molecule has 1 fully saturated rings. The number of benzene rings is 1. The third kappa shape index (κ3) is 3.65. The Labute approximate surface area is 131 Å². The number of carbonyl (C=O) groups excluding carboxylic acids is 2. The van der Waals surface area contributed by atoms with Gasteiger partial charge in [0.1, 0.15) is 5.41 Å². The Morgan fingerprint density at radius 3 is 2.50 bits per heavy atom. The highest BCUT2D eigenvalue weighted by atomic mass is 16.5. The van der Waals surface area contributed by atoms with E-state index in [4.69, 9.17) is 4.74 Å². The molecule has 0 radical (unpaired) electrons. The molecule has 0 bridgehead atoms. The fourth-order valence-electron chi connectivity index (χ4n) is 2.53. The standard InChI is InChI=1S/C17H24N2O3/c1-3-19(13-14-7-5-4-6-8-14)16(21)17(9-10-17)15(20)18-11-12-22-2/h4-8H,3,9-13H2,1-2H3,(H,18,20). The van der Waals surface area contributed by atoms with E-state index in [9.17, 15) is 9.59 Å². The predicted molar refractivity (Wildman–Crippen MR) is 84.1 cm³/mol. The average Bonchev–Trinajstić information content (AvgIpc) is 3.35. The minimum Gasteiger partial charge on any atom is -0.383 e. The van der Waals surface area contributed by atoms with Gasteiger partial charge in [-0.3, -0.25) is 9.59 Å². The molecule has 0 aromatic heterocycles. The van der Waals surface area contributed by atoms with Gasteiger partial charge in [0.05, 0.1) is 6.61 Å². The van der Waals surface area contributed by atoms with Crippen molar-refractivity contribution >= 4 is 11.8 Å². The number of amides is 2. The molecule has 22 heavy (non-hydrogen) atoms. The fourth-order valence-corrected chi connectivity index (χ4v) is 2.53. The first kappa shape index (κ1) is 16.5. The van der Waals surface area contributed by atoms with Crippen LogP contribution in [0, 0.1) is 5.41 Å². The first-order valence-corrected chi connectivity index (χ1v) is 7.74. The molecule has 1 aliphatic rings. The number of hydrogen-bond donors (Lipinski definition) is 1. The van der Waals surface area contributed by atoms with Crippen LogP contribution in [0.25, 0.3) is 0 Å². The Balaban J connectivity index is 2.00. The molecule has 0 saturated heterocycles. The molecule has 0 unspecified atom stereocenters. The van der Waals surface area contributed by atoms with E-state index in [0.717, 1.165) is 5.56 Å². The molecule has 2 amide bonds. The molecule has 0 spiro atoms. The van der Waals surface area contributed by atoms with E-state index < -0.39 is 5.41 Å². The van der Waals surface area contributed by atoms with Gasteiger partial charge in [-0.1, -0.05) is 30.3 Å². The SMILES string of the molecule is CCN(Cc1ccccc1)C(=O)C1(C(=O)NCCOC)CC1. The largest absolute Gasteiger partial charge is 0.383 e. The minimum absolute atomic E-state index is 0.0613. The topological polar surface area (TPSA) is 58.6 Å². The molecule has 5 nitrogen and oxygen atoms in total. The third-order valence-electron chi connectivity index (χ3n) is 4.07. The number of methoxy groups -OCH3 is 1. The van der Waals surface area contributed by atoms with Crippen LogP contribution in [0.1, 0.15) is 25.3 Å². The van der Waals surface area contributed by atoms with Gasteiger partial charge >= 0.3 is 0 Å². The monoisotopic (exact) mass is 304 g/mol. The van der Waals surface area contributed by atoms with Crippen LogP contribution < -0.4 is 5.32 Å². The maximum atomic E-state index is 12.8. The summed E-state index contributed by atoms with van der Waals surface area (Å²) >= 11 is 0. The minimum atomic E-state index is -0.849. The zero-order valence-electron chi connectivity index (χ0n) is 13.3. The zero-order valence-corrected chi connectivity index (χ0v) is 13.3. The molecule has 1 saturated carbocycles. The molecule has 1 aromatic carbocycles. The molecule has 0 atom stereocenters. The van der Waals surface area contributed by atoms with Crippen molar-refractivity contribution in [1.29, 1.82) is 0 Å². The number of nitrogens with zero attached hydrogens (tertiary/aromatic N) is 1. The van der Waals surface area contributed by atoms with Gasteiger partial charge in [0.15, 0.2) is 0 Å². The summed E-state index contributed by atoms with van der Waals surface area (Å²) in [6.07, 6.45) is 1.27. The Morgan fingerprint density at radius 1 is 1.27 bits per heavy atom. The highest BCUT2D eigenvalue weighted by Crippen LogP contribution is 2.47. The number of hydrogen-bond acceptors (Lipinski definition) is 3. The van der Waals surface area contributed by atoms with Gasteiger partial charge in [0.25, 0.3) is 0 Å². The van der Waals surface area contributed by atoms with Crippen LogP contribution in [-0.2, 0) is 20.9 Å². The maximum absolute atomic E-state index is 12.8. The molecular formula is C17H24N2O3. The van der Waals surface area contributed by atoms with Gasteiger partial charge in [0.2, 0.25) is 11.8 Å².